The first-order chi connectivity index (χ1) is 52.2. The van der Waals surface area contributed by atoms with E-state index in [1.54, 1.807) is 12.1 Å². The SMILES string of the molecule is Cc1ccc(/C(=C(\CCCO)c2ccccc2)c2ccc3cc(CCN4CCNCC4)oc3c2)cc1.Cc1ccc(/C(=C(\CCCO)c2ccccc2)c2ccc3oc(CCN4CCNCC4)cc3c2)cc1.OCCC/C(=C(\c1ccc(O)cc1)c1ccc(NCCN2CCCCC2)cc1)c1ccccc1. The van der Waals surface area contributed by atoms with E-state index in [2.05, 4.69) is 251 Å². The number of allylic oxidation sites excluding steroid dienone is 3. The van der Waals surface area contributed by atoms with E-state index >= 15 is 0 Å². The number of aryl methyl sites for hydroxylation is 2. The fourth-order valence-corrected chi connectivity index (χ4v) is 15.0. The highest BCUT2D eigenvalue weighted by Gasteiger charge is 2.21. The number of phenolic OH excluding ortho intramolecular Hbond substituents is 1. The lowest BCUT2D eigenvalue weighted by molar-refractivity contribution is 0.237. The van der Waals surface area contributed by atoms with E-state index in [0.29, 0.717) is 6.42 Å². The summed E-state index contributed by atoms with van der Waals surface area (Å²) in [5.74, 6) is 2.35. The van der Waals surface area contributed by atoms with Gasteiger partial charge in [-0.1, -0.05) is 200 Å². The standard InChI is InChI=1S/2C32H36N2O2.C30H36N2O2/c1-24-9-11-26(12-10-24)32(30(8-5-21-35)25-6-3-2-4-7-25)27-13-14-31-28(22-27)23-29(36-31)15-18-34-19-16-33-17-20-34;1-24-9-11-26(12-10-24)32(30(8-5-21-35)25-6-3-2-4-7-25)28-14-13-27-22-29(36-31(27)23-28)15-18-34-19-16-33-17-20-34;33-23-7-10-29(24-8-3-1-4-9-24)30(26-13-17-28(34)18-14-26)25-11-15-27(16-12-25)31-19-22-32-20-5-2-6-21-32/h2*2-4,6-7,9-14,22-23,33,35H,5,8,15-21H2,1H3;1,3-4,8-9,11-18,31,33-34H,2,5-7,10,19-23H2/b2*32-30-;30-29+. The number of aliphatic hydroxyl groups excluding tert-OH is 3. The minimum absolute atomic E-state index is 0.152. The van der Waals surface area contributed by atoms with Crippen LogP contribution in [0.15, 0.2) is 245 Å². The van der Waals surface area contributed by atoms with Crippen molar-refractivity contribution in [2.24, 2.45) is 0 Å². The van der Waals surface area contributed by atoms with E-state index < -0.39 is 0 Å². The zero-order valence-electron chi connectivity index (χ0n) is 62.3. The summed E-state index contributed by atoms with van der Waals surface area (Å²) in [4.78, 5) is 7.55. The second-order valence-electron chi connectivity index (χ2n) is 28.4. The predicted molar refractivity (Wildman–Crippen MR) is 440 cm³/mol. The van der Waals surface area contributed by atoms with Crippen LogP contribution in [-0.2, 0) is 12.8 Å². The zero-order valence-corrected chi connectivity index (χ0v) is 62.3. The number of nitrogens with zero attached hydrogens (tertiary/aromatic N) is 3. The van der Waals surface area contributed by atoms with Gasteiger partial charge in [-0.15, -0.1) is 0 Å². The molecule has 3 fully saturated rings. The number of likely N-dealkylation sites (tertiary alicyclic amines) is 1. The Kier molecular flexibility index (Phi) is 28.6. The largest absolute Gasteiger partial charge is 0.508 e. The molecule has 0 radical (unpaired) electrons. The Morgan fingerprint density at radius 2 is 0.755 bits per heavy atom. The first-order valence-corrected chi connectivity index (χ1v) is 38.8. The monoisotopic (exact) mass is 1420 g/mol. The van der Waals surface area contributed by atoms with Crippen LogP contribution < -0.4 is 16.0 Å². The molecule has 14 rings (SSSR count). The molecular formula is C94H108N6O6. The van der Waals surface area contributed by atoms with Gasteiger partial charge in [0.05, 0.1) is 0 Å². The molecule has 9 aromatic carbocycles. The number of hydrogen-bond donors (Lipinski definition) is 7. The van der Waals surface area contributed by atoms with Crippen LogP contribution >= 0.6 is 0 Å². The Labute approximate surface area is 628 Å². The van der Waals surface area contributed by atoms with E-state index in [4.69, 9.17) is 8.83 Å². The van der Waals surface area contributed by atoms with E-state index in [9.17, 15) is 20.4 Å². The molecule has 106 heavy (non-hydrogen) atoms. The van der Waals surface area contributed by atoms with Crippen LogP contribution in [0.4, 0.5) is 5.69 Å². The topological polar surface area (TPSA) is 153 Å². The van der Waals surface area contributed by atoms with Crippen molar-refractivity contribution >= 4 is 61.1 Å². The van der Waals surface area contributed by atoms with Gasteiger partial charge in [-0.3, -0.25) is 0 Å². The van der Waals surface area contributed by atoms with E-state index in [-0.39, 0.29) is 25.6 Å². The molecule has 0 unspecified atom stereocenters. The molecular weight excluding hydrogens is 1310 g/mol. The van der Waals surface area contributed by atoms with Crippen molar-refractivity contribution in [1.29, 1.82) is 0 Å². The highest BCUT2D eigenvalue weighted by molar-refractivity contribution is 6.02. The summed E-state index contributed by atoms with van der Waals surface area (Å²) in [7, 11) is 0. The third-order valence-corrected chi connectivity index (χ3v) is 20.7. The summed E-state index contributed by atoms with van der Waals surface area (Å²) in [6.45, 7) is 19.9. The number of benzene rings is 9. The van der Waals surface area contributed by atoms with Crippen molar-refractivity contribution in [3.05, 3.63) is 309 Å². The molecule has 5 heterocycles. The van der Waals surface area contributed by atoms with Crippen LogP contribution in [0.3, 0.4) is 0 Å². The summed E-state index contributed by atoms with van der Waals surface area (Å²) in [6, 6.07) is 82.7. The maximum absolute atomic E-state index is 9.86. The van der Waals surface area contributed by atoms with Crippen molar-refractivity contribution in [2.75, 3.05) is 117 Å². The Morgan fingerprint density at radius 3 is 1.22 bits per heavy atom. The quantitative estimate of drug-likeness (QED) is 0.0234. The normalized spacial score (nSPS) is 15.2. The van der Waals surface area contributed by atoms with Crippen molar-refractivity contribution < 1.29 is 29.3 Å². The number of piperazine rings is 2. The van der Waals surface area contributed by atoms with Crippen LogP contribution in [0.5, 0.6) is 5.75 Å². The first-order valence-electron chi connectivity index (χ1n) is 38.8. The molecule has 11 aromatic rings. The molecule has 2 aromatic heterocycles. The van der Waals surface area contributed by atoms with Crippen molar-refractivity contribution in [3.8, 4) is 5.75 Å². The first kappa shape index (κ1) is 76.2. The van der Waals surface area contributed by atoms with Gasteiger partial charge in [0.15, 0.2) is 0 Å². The van der Waals surface area contributed by atoms with Crippen LogP contribution in [0, 0.1) is 13.8 Å². The number of rotatable bonds is 28. The Bertz CT molecular complexity index is 4360. The Hall–Kier alpha value is -9.44. The third-order valence-electron chi connectivity index (χ3n) is 20.7. The van der Waals surface area contributed by atoms with Gasteiger partial charge < -0.3 is 59.9 Å². The molecule has 0 bridgehead atoms. The molecule has 3 saturated heterocycles. The lowest BCUT2D eigenvalue weighted by atomic mass is 9.86. The zero-order chi connectivity index (χ0) is 73.1. The summed E-state index contributed by atoms with van der Waals surface area (Å²) >= 11 is 0. The number of phenols is 1. The van der Waals surface area contributed by atoms with Crippen molar-refractivity contribution in [1.82, 2.24) is 25.3 Å². The summed E-state index contributed by atoms with van der Waals surface area (Å²) in [5, 5.41) is 51.5. The number of nitrogens with one attached hydrogen (secondary N) is 3. The lowest BCUT2D eigenvalue weighted by Gasteiger charge is -2.26. The predicted octanol–water partition coefficient (Wildman–Crippen LogP) is 17.9. The summed E-state index contributed by atoms with van der Waals surface area (Å²) in [5.41, 5.74) is 23.2. The van der Waals surface area contributed by atoms with Gasteiger partial charge in [-0.05, 0) is 216 Å². The van der Waals surface area contributed by atoms with Gasteiger partial charge >= 0.3 is 0 Å². The number of hydrogen-bond acceptors (Lipinski definition) is 12. The van der Waals surface area contributed by atoms with Crippen LogP contribution in [0.1, 0.15) is 131 Å². The van der Waals surface area contributed by atoms with Gasteiger partial charge in [0.25, 0.3) is 0 Å². The summed E-state index contributed by atoms with van der Waals surface area (Å²) < 4.78 is 12.6. The second kappa shape index (κ2) is 39.8. The molecule has 7 N–H and O–H groups in total. The number of aliphatic hydroxyl groups is 3. The molecule has 12 nitrogen and oxygen atoms in total. The fraction of sp³-hybridized carbons (Fsp3) is 0.319. The number of fused-ring (bicyclic) bond motifs is 2. The van der Waals surface area contributed by atoms with Crippen LogP contribution in [0.25, 0.3) is 55.4 Å². The number of furan rings is 2. The second-order valence-corrected chi connectivity index (χ2v) is 28.4. The summed E-state index contributed by atoms with van der Waals surface area (Å²) in [6.07, 6.45) is 10.4. The molecule has 12 heteroatoms. The van der Waals surface area contributed by atoms with Gasteiger partial charge in [-0.25, -0.2) is 0 Å². The molecule has 550 valence electrons. The molecule has 3 aliphatic heterocycles. The Morgan fingerprint density at radius 1 is 0.368 bits per heavy atom. The average Bonchev–Trinajstić information content (AvgIpc) is 1.36. The minimum Gasteiger partial charge on any atom is -0.508 e. The number of piperidine rings is 1. The van der Waals surface area contributed by atoms with Crippen LogP contribution in [0.2, 0.25) is 0 Å². The van der Waals surface area contributed by atoms with Gasteiger partial charge in [-0.2, -0.15) is 0 Å². The van der Waals surface area contributed by atoms with Gasteiger partial charge in [0.2, 0.25) is 0 Å². The highest BCUT2D eigenvalue weighted by Crippen LogP contribution is 2.41. The highest BCUT2D eigenvalue weighted by atomic mass is 16.3. The lowest BCUT2D eigenvalue weighted by Crippen LogP contribution is -2.44. The minimum atomic E-state index is 0.152. The maximum Gasteiger partial charge on any atom is 0.134 e. The number of anilines is 1. The maximum atomic E-state index is 9.86. The van der Waals surface area contributed by atoms with Crippen molar-refractivity contribution in [3.63, 3.8) is 0 Å². The van der Waals surface area contributed by atoms with Crippen LogP contribution in [-0.4, -0.2) is 147 Å². The molecule has 0 aliphatic carbocycles. The smallest absolute Gasteiger partial charge is 0.134 e. The molecule has 3 aliphatic rings. The number of aromatic hydroxyl groups is 1. The molecule has 0 atom stereocenters. The third kappa shape index (κ3) is 21.4. The van der Waals surface area contributed by atoms with Crippen molar-refractivity contribution in [2.45, 2.75) is 84.5 Å². The fourth-order valence-electron chi connectivity index (χ4n) is 15.0. The molecule has 0 saturated carbocycles. The molecule has 0 spiro atoms. The molecule has 0 amide bonds. The van der Waals surface area contributed by atoms with E-state index in [1.807, 2.05) is 18.2 Å². The van der Waals surface area contributed by atoms with E-state index in [1.165, 1.54) is 99.2 Å². The van der Waals surface area contributed by atoms with Gasteiger partial charge in [0.1, 0.15) is 28.4 Å². The van der Waals surface area contributed by atoms with Gasteiger partial charge in [0, 0.05) is 128 Å². The van der Waals surface area contributed by atoms with E-state index in [0.717, 1.165) is 190 Å². The Balaban J connectivity index is 0.000000149. The average molecular weight is 1420 g/mol.